The SMILES string of the molecule is Cc1cccc(C(C#N)C(=O)c2cccc(Br)c2Cl)c1. The Balaban J connectivity index is 2.45. The van der Waals surface area contributed by atoms with E-state index in [-0.39, 0.29) is 5.78 Å². The Hall–Kier alpha value is -1.63. The third-order valence-corrected chi connectivity index (χ3v) is 4.28. The molecule has 1 unspecified atom stereocenters. The highest BCUT2D eigenvalue weighted by molar-refractivity contribution is 9.10. The first kappa shape index (κ1) is 14.8. The monoisotopic (exact) mass is 347 g/mol. The number of nitrogens with zero attached hydrogens (tertiary/aromatic N) is 1. The molecule has 0 aliphatic carbocycles. The summed E-state index contributed by atoms with van der Waals surface area (Å²) in [5, 5.41) is 9.67. The van der Waals surface area contributed by atoms with Crippen molar-refractivity contribution in [3.63, 3.8) is 0 Å². The Morgan fingerprint density at radius 1 is 1.30 bits per heavy atom. The van der Waals surface area contributed by atoms with Gasteiger partial charge in [0.05, 0.1) is 11.1 Å². The predicted molar refractivity (Wildman–Crippen MR) is 83.0 cm³/mol. The van der Waals surface area contributed by atoms with Crippen LogP contribution < -0.4 is 0 Å². The minimum Gasteiger partial charge on any atom is -0.292 e. The second-order valence-electron chi connectivity index (χ2n) is 4.44. The maximum absolute atomic E-state index is 12.5. The molecule has 100 valence electrons. The van der Waals surface area contributed by atoms with Gasteiger partial charge in [0.15, 0.2) is 5.78 Å². The van der Waals surface area contributed by atoms with Crippen LogP contribution in [0.25, 0.3) is 0 Å². The maximum atomic E-state index is 12.5. The van der Waals surface area contributed by atoms with Crippen LogP contribution in [0.15, 0.2) is 46.9 Å². The Bertz CT molecular complexity index is 706. The summed E-state index contributed by atoms with van der Waals surface area (Å²) >= 11 is 9.42. The zero-order valence-electron chi connectivity index (χ0n) is 10.7. The van der Waals surface area contributed by atoms with Gasteiger partial charge in [-0.3, -0.25) is 4.79 Å². The zero-order chi connectivity index (χ0) is 14.7. The topological polar surface area (TPSA) is 40.9 Å². The van der Waals surface area contributed by atoms with E-state index in [2.05, 4.69) is 22.0 Å². The molecule has 0 radical (unpaired) electrons. The highest BCUT2D eigenvalue weighted by atomic mass is 79.9. The number of rotatable bonds is 3. The van der Waals surface area contributed by atoms with Crippen molar-refractivity contribution in [1.82, 2.24) is 0 Å². The summed E-state index contributed by atoms with van der Waals surface area (Å²) in [6.45, 7) is 1.93. The van der Waals surface area contributed by atoms with Gasteiger partial charge in [0.25, 0.3) is 0 Å². The van der Waals surface area contributed by atoms with Gasteiger partial charge >= 0.3 is 0 Å². The van der Waals surface area contributed by atoms with Crippen molar-refractivity contribution in [3.05, 3.63) is 68.7 Å². The largest absolute Gasteiger partial charge is 0.292 e. The molecule has 0 N–H and O–H groups in total. The van der Waals surface area contributed by atoms with Crippen molar-refractivity contribution in [1.29, 1.82) is 5.26 Å². The molecule has 4 heteroatoms. The summed E-state index contributed by atoms with van der Waals surface area (Å²) in [6, 6.07) is 14.6. The number of carbonyl (C=O) groups is 1. The molecule has 2 aromatic rings. The lowest BCUT2D eigenvalue weighted by atomic mass is 9.91. The molecule has 0 fully saturated rings. The van der Waals surface area contributed by atoms with Crippen LogP contribution in [-0.4, -0.2) is 5.78 Å². The molecular weight excluding hydrogens is 338 g/mol. The number of halogens is 2. The van der Waals surface area contributed by atoms with E-state index in [0.29, 0.717) is 20.6 Å². The summed E-state index contributed by atoms with van der Waals surface area (Å²) < 4.78 is 0.644. The normalized spacial score (nSPS) is 11.7. The lowest BCUT2D eigenvalue weighted by Gasteiger charge is -2.11. The standard InChI is InChI=1S/C16H11BrClNO/c1-10-4-2-5-11(8-10)13(9-19)16(20)12-6-3-7-14(17)15(12)18/h2-8,13H,1H3. The van der Waals surface area contributed by atoms with Crippen LogP contribution in [0.2, 0.25) is 5.02 Å². The first-order chi connectivity index (χ1) is 9.54. The quantitative estimate of drug-likeness (QED) is 0.740. The van der Waals surface area contributed by atoms with E-state index < -0.39 is 5.92 Å². The van der Waals surface area contributed by atoms with Gasteiger partial charge in [-0.05, 0) is 40.5 Å². The van der Waals surface area contributed by atoms with Crippen LogP contribution >= 0.6 is 27.5 Å². The van der Waals surface area contributed by atoms with Crippen LogP contribution in [0.5, 0.6) is 0 Å². The molecule has 2 nitrogen and oxygen atoms in total. The third-order valence-electron chi connectivity index (χ3n) is 2.98. The third kappa shape index (κ3) is 2.92. The van der Waals surface area contributed by atoms with Crippen molar-refractivity contribution in [2.24, 2.45) is 0 Å². The van der Waals surface area contributed by atoms with E-state index in [0.717, 1.165) is 5.56 Å². The molecule has 2 rings (SSSR count). The van der Waals surface area contributed by atoms with Gasteiger partial charge in [-0.1, -0.05) is 47.5 Å². The molecule has 20 heavy (non-hydrogen) atoms. The second kappa shape index (κ2) is 6.21. The van der Waals surface area contributed by atoms with E-state index in [4.69, 9.17) is 11.6 Å². The van der Waals surface area contributed by atoms with Gasteiger partial charge in [-0.25, -0.2) is 0 Å². The second-order valence-corrected chi connectivity index (χ2v) is 5.67. The number of aryl methyl sites for hydroxylation is 1. The van der Waals surface area contributed by atoms with E-state index in [9.17, 15) is 10.1 Å². The Morgan fingerprint density at radius 2 is 2.00 bits per heavy atom. The molecule has 0 spiro atoms. The molecule has 0 saturated heterocycles. The predicted octanol–water partition coefficient (Wildman–Crippen LogP) is 4.90. The molecule has 0 aliphatic heterocycles. The van der Waals surface area contributed by atoms with Gasteiger partial charge < -0.3 is 0 Å². The van der Waals surface area contributed by atoms with E-state index in [1.54, 1.807) is 24.3 Å². The Kier molecular flexibility index (Phi) is 4.59. The average molecular weight is 349 g/mol. The number of nitriles is 1. The van der Waals surface area contributed by atoms with E-state index in [1.807, 2.05) is 25.1 Å². The number of carbonyl (C=O) groups excluding carboxylic acids is 1. The van der Waals surface area contributed by atoms with Crippen LogP contribution in [0.4, 0.5) is 0 Å². The number of ketones is 1. The molecule has 0 aliphatic rings. The van der Waals surface area contributed by atoms with Gasteiger partial charge in [-0.2, -0.15) is 5.26 Å². The number of hydrogen-bond donors (Lipinski definition) is 0. The summed E-state index contributed by atoms with van der Waals surface area (Å²) in [4.78, 5) is 12.5. The minimum absolute atomic E-state index is 0.288. The molecule has 0 heterocycles. The van der Waals surface area contributed by atoms with Crippen molar-refractivity contribution >= 4 is 33.3 Å². The lowest BCUT2D eigenvalue weighted by molar-refractivity contribution is 0.0979. The number of hydrogen-bond acceptors (Lipinski definition) is 2. The van der Waals surface area contributed by atoms with Crippen molar-refractivity contribution < 1.29 is 4.79 Å². The van der Waals surface area contributed by atoms with Crippen molar-refractivity contribution in [2.45, 2.75) is 12.8 Å². The lowest BCUT2D eigenvalue weighted by Crippen LogP contribution is -2.12. The molecule has 0 amide bonds. The molecule has 0 saturated carbocycles. The number of benzene rings is 2. The maximum Gasteiger partial charge on any atom is 0.185 e. The van der Waals surface area contributed by atoms with E-state index in [1.165, 1.54) is 0 Å². The fourth-order valence-electron chi connectivity index (χ4n) is 1.98. The van der Waals surface area contributed by atoms with Gasteiger partial charge in [0, 0.05) is 10.0 Å². The highest BCUT2D eigenvalue weighted by Crippen LogP contribution is 2.30. The first-order valence-corrected chi connectivity index (χ1v) is 7.16. The Morgan fingerprint density at radius 3 is 2.65 bits per heavy atom. The molecule has 2 aromatic carbocycles. The molecule has 1 atom stereocenters. The summed E-state index contributed by atoms with van der Waals surface area (Å²) in [6.07, 6.45) is 0. The Labute approximate surface area is 131 Å². The van der Waals surface area contributed by atoms with Crippen LogP contribution in [0.1, 0.15) is 27.4 Å². The van der Waals surface area contributed by atoms with E-state index >= 15 is 0 Å². The first-order valence-electron chi connectivity index (χ1n) is 5.99. The fraction of sp³-hybridized carbons (Fsp3) is 0.125. The van der Waals surface area contributed by atoms with Crippen molar-refractivity contribution in [3.8, 4) is 6.07 Å². The summed E-state index contributed by atoms with van der Waals surface area (Å²) in [5.41, 5.74) is 2.05. The average Bonchev–Trinajstić information content (AvgIpc) is 2.42. The van der Waals surface area contributed by atoms with Crippen LogP contribution in [0, 0.1) is 18.3 Å². The molecule has 0 bridgehead atoms. The highest BCUT2D eigenvalue weighted by Gasteiger charge is 2.24. The van der Waals surface area contributed by atoms with Crippen LogP contribution in [-0.2, 0) is 0 Å². The van der Waals surface area contributed by atoms with Crippen molar-refractivity contribution in [2.75, 3.05) is 0 Å². The molecule has 0 aromatic heterocycles. The fourth-order valence-corrected chi connectivity index (χ4v) is 2.57. The minimum atomic E-state index is -0.846. The summed E-state index contributed by atoms with van der Waals surface area (Å²) in [5.74, 6) is -1.13. The zero-order valence-corrected chi connectivity index (χ0v) is 13.1. The molecular formula is C16H11BrClNO. The van der Waals surface area contributed by atoms with Gasteiger partial charge in [-0.15, -0.1) is 0 Å². The summed E-state index contributed by atoms with van der Waals surface area (Å²) in [7, 11) is 0. The van der Waals surface area contributed by atoms with Crippen LogP contribution in [0.3, 0.4) is 0 Å². The van der Waals surface area contributed by atoms with Gasteiger partial charge in [0.1, 0.15) is 5.92 Å². The number of Topliss-reactive ketones (excluding diaryl/α,β-unsaturated/α-hetero) is 1. The van der Waals surface area contributed by atoms with Gasteiger partial charge in [0.2, 0.25) is 0 Å². The smallest absolute Gasteiger partial charge is 0.185 e.